The lowest BCUT2D eigenvalue weighted by Gasteiger charge is -2.34. The van der Waals surface area contributed by atoms with Gasteiger partial charge in [-0.2, -0.15) is 0 Å². The average molecular weight is 510 g/mol. The fourth-order valence-corrected chi connectivity index (χ4v) is 5.85. The maximum Gasteiger partial charge on any atom is 0.270 e. The first-order valence-electron chi connectivity index (χ1n) is 10.7. The fraction of sp³-hybridized carbons (Fsp3) is 0.280. The Morgan fingerprint density at radius 1 is 1.12 bits per heavy atom. The summed E-state index contributed by atoms with van der Waals surface area (Å²) < 4.78 is 75.8. The van der Waals surface area contributed by atoms with Gasteiger partial charge in [-0.3, -0.25) is 4.31 Å². The van der Waals surface area contributed by atoms with Crippen molar-refractivity contribution in [3.8, 4) is 5.75 Å². The Morgan fingerprint density at radius 2 is 1.85 bits per heavy atom. The molecule has 0 amide bonds. The molecule has 4 nitrogen and oxygen atoms in total. The van der Waals surface area contributed by atoms with Crippen molar-refractivity contribution >= 4 is 27.3 Å². The molecule has 9 heteroatoms. The van der Waals surface area contributed by atoms with E-state index in [4.69, 9.17) is 16.3 Å². The van der Waals surface area contributed by atoms with Gasteiger partial charge in [-0.15, -0.1) is 0 Å². The molecule has 1 aliphatic rings. The minimum Gasteiger partial charge on any atom is -0.489 e. The van der Waals surface area contributed by atoms with Crippen LogP contribution in [0.5, 0.6) is 5.75 Å². The van der Waals surface area contributed by atoms with Gasteiger partial charge in [0, 0.05) is 30.7 Å². The first-order chi connectivity index (χ1) is 16.0. The van der Waals surface area contributed by atoms with Crippen LogP contribution >= 0.6 is 11.6 Å². The van der Waals surface area contributed by atoms with Gasteiger partial charge in [-0.1, -0.05) is 42.8 Å². The van der Waals surface area contributed by atoms with Crippen LogP contribution < -0.4 is 9.04 Å². The third-order valence-corrected chi connectivity index (χ3v) is 7.87. The topological polar surface area (TPSA) is 46.6 Å². The van der Waals surface area contributed by atoms with Crippen molar-refractivity contribution in [1.82, 2.24) is 0 Å². The summed E-state index contributed by atoms with van der Waals surface area (Å²) in [6, 6.07) is 14.2. The van der Waals surface area contributed by atoms with E-state index in [1.807, 2.05) is 6.92 Å². The summed E-state index contributed by atoms with van der Waals surface area (Å²) in [4.78, 5) is -0.212. The zero-order valence-electron chi connectivity index (χ0n) is 18.6. The highest BCUT2D eigenvalue weighted by molar-refractivity contribution is 7.92. The van der Waals surface area contributed by atoms with Crippen molar-refractivity contribution in [2.45, 2.75) is 37.7 Å². The van der Waals surface area contributed by atoms with E-state index in [-0.39, 0.29) is 40.1 Å². The van der Waals surface area contributed by atoms with Crippen LogP contribution in [0.2, 0.25) is 5.02 Å². The smallest absolute Gasteiger partial charge is 0.270 e. The minimum atomic E-state index is -4.13. The SMILES string of the molecule is C[C@@H]1Cc2ccc(OCc3c(F)cccc3Cl)cc2N(S(=O)(=O)c2cccc(C(C)(F)F)c2)C1. The zero-order valence-corrected chi connectivity index (χ0v) is 20.1. The summed E-state index contributed by atoms with van der Waals surface area (Å²) in [5, 5.41) is 0.226. The molecule has 0 aliphatic carbocycles. The molecule has 0 unspecified atom stereocenters. The van der Waals surface area contributed by atoms with Gasteiger partial charge in [0.25, 0.3) is 15.9 Å². The van der Waals surface area contributed by atoms with E-state index in [2.05, 4.69) is 0 Å². The van der Waals surface area contributed by atoms with E-state index in [1.165, 1.54) is 34.6 Å². The summed E-state index contributed by atoms with van der Waals surface area (Å²) in [6.45, 7) is 2.70. The highest BCUT2D eigenvalue weighted by atomic mass is 35.5. The van der Waals surface area contributed by atoms with Crippen LogP contribution in [0.4, 0.5) is 18.9 Å². The number of fused-ring (bicyclic) bond motifs is 1. The minimum absolute atomic E-state index is 0.0158. The predicted molar refractivity (Wildman–Crippen MR) is 126 cm³/mol. The Balaban J connectivity index is 1.69. The van der Waals surface area contributed by atoms with Crippen LogP contribution in [-0.4, -0.2) is 15.0 Å². The summed E-state index contributed by atoms with van der Waals surface area (Å²) in [6.07, 6.45) is 0.647. The Labute approximate surface area is 202 Å². The molecule has 4 rings (SSSR count). The van der Waals surface area contributed by atoms with Crippen molar-refractivity contribution in [3.05, 3.63) is 88.2 Å². The van der Waals surface area contributed by atoms with Crippen molar-refractivity contribution in [3.63, 3.8) is 0 Å². The van der Waals surface area contributed by atoms with E-state index in [0.717, 1.165) is 18.6 Å². The van der Waals surface area contributed by atoms with Crippen LogP contribution in [0.3, 0.4) is 0 Å². The number of nitrogens with zero attached hydrogens (tertiary/aromatic N) is 1. The maximum atomic E-state index is 14.1. The van der Waals surface area contributed by atoms with E-state index >= 15 is 0 Å². The number of ether oxygens (including phenoxy) is 1. The van der Waals surface area contributed by atoms with Gasteiger partial charge in [-0.25, -0.2) is 21.6 Å². The van der Waals surface area contributed by atoms with Gasteiger partial charge in [0.05, 0.1) is 15.6 Å². The number of anilines is 1. The molecule has 1 atom stereocenters. The van der Waals surface area contributed by atoms with Gasteiger partial charge in [-0.05, 0) is 48.2 Å². The van der Waals surface area contributed by atoms with Crippen LogP contribution in [0, 0.1) is 11.7 Å². The molecular formula is C25H23ClF3NO3S. The molecule has 1 aliphatic heterocycles. The lowest BCUT2D eigenvalue weighted by atomic mass is 9.95. The van der Waals surface area contributed by atoms with Gasteiger partial charge in [0.2, 0.25) is 0 Å². The molecule has 34 heavy (non-hydrogen) atoms. The number of benzene rings is 3. The van der Waals surface area contributed by atoms with Crippen molar-refractivity contribution in [2.75, 3.05) is 10.8 Å². The molecule has 0 saturated carbocycles. The standard InChI is InChI=1S/C25H23ClF3NO3S/c1-16-11-17-9-10-19(33-15-21-22(26)7-4-8-23(21)27)13-24(17)30(14-16)34(31,32)20-6-3-5-18(12-20)25(2,28)29/h3-10,12-13,16H,11,14-15H2,1-2H3/t16-/m1/s1. The van der Waals surface area contributed by atoms with Crippen LogP contribution in [-0.2, 0) is 29.0 Å². The summed E-state index contributed by atoms with van der Waals surface area (Å²) in [7, 11) is -4.13. The number of hydrogen-bond acceptors (Lipinski definition) is 3. The second kappa shape index (κ2) is 9.15. The summed E-state index contributed by atoms with van der Waals surface area (Å²) in [5.74, 6) is -3.33. The average Bonchev–Trinajstić information content (AvgIpc) is 2.78. The van der Waals surface area contributed by atoms with Crippen LogP contribution in [0.25, 0.3) is 0 Å². The Kier molecular flexibility index (Phi) is 6.57. The first-order valence-corrected chi connectivity index (χ1v) is 12.5. The third-order valence-electron chi connectivity index (χ3n) is 5.75. The summed E-state index contributed by atoms with van der Waals surface area (Å²) >= 11 is 6.06. The quantitative estimate of drug-likeness (QED) is 0.378. The number of rotatable bonds is 6. The van der Waals surface area contributed by atoms with Gasteiger partial charge in [0.1, 0.15) is 18.2 Å². The zero-order chi connectivity index (χ0) is 24.7. The maximum absolute atomic E-state index is 14.1. The molecule has 0 spiro atoms. The predicted octanol–water partition coefficient (Wildman–Crippen LogP) is 6.56. The molecule has 0 bridgehead atoms. The first kappa shape index (κ1) is 24.4. The van der Waals surface area contributed by atoms with Crippen molar-refractivity contribution in [2.24, 2.45) is 5.92 Å². The molecule has 0 saturated heterocycles. The molecule has 0 radical (unpaired) electrons. The molecule has 3 aromatic carbocycles. The highest BCUT2D eigenvalue weighted by Crippen LogP contribution is 2.38. The highest BCUT2D eigenvalue weighted by Gasteiger charge is 2.34. The second-order valence-electron chi connectivity index (χ2n) is 8.54. The number of hydrogen-bond donors (Lipinski definition) is 0. The third kappa shape index (κ3) is 4.88. The normalized spacial score (nSPS) is 16.3. The summed E-state index contributed by atoms with van der Waals surface area (Å²) in [5.41, 5.74) is 1.01. The second-order valence-corrected chi connectivity index (χ2v) is 10.8. The fourth-order valence-electron chi connectivity index (χ4n) is 3.97. The van der Waals surface area contributed by atoms with Gasteiger partial charge in [0.15, 0.2) is 0 Å². The number of alkyl halides is 2. The Bertz CT molecular complexity index is 1300. The molecule has 0 aromatic heterocycles. The molecular weight excluding hydrogens is 487 g/mol. The van der Waals surface area contributed by atoms with E-state index in [1.54, 1.807) is 24.3 Å². The molecule has 3 aromatic rings. The van der Waals surface area contributed by atoms with Crippen molar-refractivity contribution < 1.29 is 26.3 Å². The lowest BCUT2D eigenvalue weighted by molar-refractivity contribution is 0.0172. The van der Waals surface area contributed by atoms with Gasteiger partial charge >= 0.3 is 0 Å². The molecule has 0 N–H and O–H groups in total. The number of halogens is 4. The van der Waals surface area contributed by atoms with Crippen LogP contribution in [0.15, 0.2) is 65.6 Å². The van der Waals surface area contributed by atoms with Crippen LogP contribution in [0.1, 0.15) is 30.5 Å². The van der Waals surface area contributed by atoms with E-state index < -0.39 is 21.8 Å². The molecule has 180 valence electrons. The monoisotopic (exact) mass is 509 g/mol. The molecule has 1 heterocycles. The number of sulfonamides is 1. The molecule has 0 fully saturated rings. The van der Waals surface area contributed by atoms with E-state index in [0.29, 0.717) is 17.9 Å². The van der Waals surface area contributed by atoms with Crippen molar-refractivity contribution in [1.29, 1.82) is 0 Å². The van der Waals surface area contributed by atoms with Gasteiger partial charge < -0.3 is 4.74 Å². The largest absolute Gasteiger partial charge is 0.489 e. The Hall–Kier alpha value is -2.71. The Morgan fingerprint density at radius 3 is 2.56 bits per heavy atom. The van der Waals surface area contributed by atoms with E-state index in [9.17, 15) is 21.6 Å². The lowest BCUT2D eigenvalue weighted by Crippen LogP contribution is -2.39.